The maximum Gasteiger partial charge on any atom is 0.459 e. The largest absolute Gasteiger partial charge is 0.459 e. The highest BCUT2D eigenvalue weighted by Crippen LogP contribution is 2.48. The second kappa shape index (κ2) is 10.1. The lowest BCUT2D eigenvalue weighted by molar-refractivity contribution is -0.106. The zero-order valence-electron chi connectivity index (χ0n) is 20.2. The van der Waals surface area contributed by atoms with Crippen LogP contribution in [0.15, 0.2) is 45.7 Å². The summed E-state index contributed by atoms with van der Waals surface area (Å²) in [6.45, 7) is 0.354. The fourth-order valence-electron chi connectivity index (χ4n) is 6.13. The molecule has 2 amide bonds. The number of aromatic nitrogens is 2. The summed E-state index contributed by atoms with van der Waals surface area (Å²) in [6.07, 6.45) is 8.42. The Balaban J connectivity index is 1.81. The second-order valence-corrected chi connectivity index (χ2v) is 9.62. The third kappa shape index (κ3) is 4.13. The zero-order chi connectivity index (χ0) is 25.1. The minimum Gasteiger partial charge on any atom is -0.330 e. The van der Waals surface area contributed by atoms with Crippen molar-refractivity contribution in [3.05, 3.63) is 75.0 Å². The standard InChI is InChI=1S/C27H31N5O4/c28-13-12-27(25-31-26(35)36-32(25)22-4-2-1-3-5-22)23-10-8-20(29-16-33)14-18(23)6-7-19-15-21(30-17-34)9-11-24(19)27/h8-11,14-17,22H,1-7,12-13,28H2,(H,29,33)(H,30,34). The molecule has 2 aliphatic rings. The van der Waals surface area contributed by atoms with Crippen LogP contribution in [0.2, 0.25) is 0 Å². The lowest BCUT2D eigenvalue weighted by atomic mass is 9.69. The third-order valence-electron chi connectivity index (χ3n) is 7.63. The van der Waals surface area contributed by atoms with E-state index in [0.717, 1.165) is 47.9 Å². The van der Waals surface area contributed by atoms with E-state index in [2.05, 4.69) is 15.6 Å². The Bertz CT molecular complexity index is 1260. The number of nitrogens with zero attached hydrogens (tertiary/aromatic N) is 2. The van der Waals surface area contributed by atoms with E-state index in [1.54, 1.807) is 4.74 Å². The van der Waals surface area contributed by atoms with Gasteiger partial charge in [0.1, 0.15) is 0 Å². The minimum atomic E-state index is -0.834. The van der Waals surface area contributed by atoms with Crippen molar-refractivity contribution in [2.24, 2.45) is 5.73 Å². The van der Waals surface area contributed by atoms with Crippen LogP contribution in [0.5, 0.6) is 0 Å². The van der Waals surface area contributed by atoms with Gasteiger partial charge in [-0.05, 0) is 85.2 Å². The molecule has 0 saturated heterocycles. The Morgan fingerprint density at radius 1 is 0.972 bits per heavy atom. The fraction of sp³-hybridized carbons (Fsp3) is 0.407. The first kappa shape index (κ1) is 24.0. The third-order valence-corrected chi connectivity index (χ3v) is 7.63. The van der Waals surface area contributed by atoms with Crippen LogP contribution in [-0.4, -0.2) is 29.1 Å². The molecule has 1 fully saturated rings. The number of nitrogens with two attached hydrogens (primary N) is 1. The Labute approximate surface area is 209 Å². The number of fused-ring (bicyclic) bond motifs is 2. The van der Waals surface area contributed by atoms with Gasteiger partial charge in [0.15, 0.2) is 5.82 Å². The second-order valence-electron chi connectivity index (χ2n) is 9.62. The van der Waals surface area contributed by atoms with Gasteiger partial charge in [-0.15, -0.1) is 0 Å². The highest BCUT2D eigenvalue weighted by molar-refractivity contribution is 5.74. The molecular formula is C27H31N5O4. The molecule has 1 saturated carbocycles. The first-order chi connectivity index (χ1) is 17.6. The van der Waals surface area contributed by atoms with Crippen molar-refractivity contribution in [2.45, 2.75) is 62.8 Å². The SMILES string of the molecule is NCCC1(c2nc(=O)on2C2CCCCC2)c2ccc(NC=O)cc2CCc2cc(NC=O)ccc21. The highest BCUT2D eigenvalue weighted by Gasteiger charge is 2.46. The average Bonchev–Trinajstić information content (AvgIpc) is 3.23. The quantitative estimate of drug-likeness (QED) is 0.416. The summed E-state index contributed by atoms with van der Waals surface area (Å²) in [4.78, 5) is 39.5. The molecular weight excluding hydrogens is 458 g/mol. The number of hydrogen-bond acceptors (Lipinski definition) is 6. The number of amides is 2. The van der Waals surface area contributed by atoms with E-state index in [1.165, 1.54) is 6.42 Å². The Hall–Kier alpha value is -3.72. The molecule has 9 nitrogen and oxygen atoms in total. The smallest absolute Gasteiger partial charge is 0.330 e. The Morgan fingerprint density at radius 3 is 2.08 bits per heavy atom. The summed E-state index contributed by atoms with van der Waals surface area (Å²) in [7, 11) is 0. The average molecular weight is 490 g/mol. The number of carbonyl (C=O) groups excluding carboxylic acids is 2. The fourth-order valence-corrected chi connectivity index (χ4v) is 6.13. The monoisotopic (exact) mass is 489 g/mol. The molecule has 4 N–H and O–H groups in total. The summed E-state index contributed by atoms with van der Waals surface area (Å²) in [5.41, 5.74) is 10.9. The van der Waals surface area contributed by atoms with Crippen LogP contribution < -0.4 is 22.1 Å². The lowest BCUT2D eigenvalue weighted by Crippen LogP contribution is -2.37. The molecule has 2 aliphatic carbocycles. The molecule has 3 aromatic rings. The minimum absolute atomic E-state index is 0.0563. The van der Waals surface area contributed by atoms with Crippen LogP contribution in [0.4, 0.5) is 11.4 Å². The summed E-state index contributed by atoms with van der Waals surface area (Å²) < 4.78 is 7.52. The van der Waals surface area contributed by atoms with Crippen LogP contribution in [0.1, 0.15) is 72.6 Å². The van der Waals surface area contributed by atoms with E-state index in [4.69, 9.17) is 10.3 Å². The van der Waals surface area contributed by atoms with Gasteiger partial charge < -0.3 is 20.9 Å². The van der Waals surface area contributed by atoms with Gasteiger partial charge in [-0.1, -0.05) is 31.4 Å². The molecule has 0 aliphatic heterocycles. The van der Waals surface area contributed by atoms with E-state index < -0.39 is 11.2 Å². The molecule has 1 heterocycles. The van der Waals surface area contributed by atoms with Crippen LogP contribution in [-0.2, 0) is 27.8 Å². The molecule has 0 radical (unpaired) electrons. The molecule has 5 rings (SSSR count). The Morgan fingerprint density at radius 2 is 1.56 bits per heavy atom. The predicted octanol–water partition coefficient (Wildman–Crippen LogP) is 3.26. The number of aryl methyl sites for hydroxylation is 2. The van der Waals surface area contributed by atoms with Gasteiger partial charge in [0, 0.05) is 11.4 Å². The van der Waals surface area contributed by atoms with Crippen LogP contribution in [0.25, 0.3) is 0 Å². The number of anilines is 2. The van der Waals surface area contributed by atoms with Gasteiger partial charge in [0.25, 0.3) is 0 Å². The Kier molecular flexibility index (Phi) is 6.73. The maximum absolute atomic E-state index is 12.7. The van der Waals surface area contributed by atoms with E-state index in [0.29, 0.717) is 55.8 Å². The first-order valence-corrected chi connectivity index (χ1v) is 12.6. The number of nitrogens with one attached hydrogen (secondary N) is 2. The van der Waals surface area contributed by atoms with Crippen molar-refractivity contribution >= 4 is 24.2 Å². The molecule has 0 atom stereocenters. The molecule has 1 aromatic heterocycles. The van der Waals surface area contributed by atoms with Crippen LogP contribution in [0, 0.1) is 0 Å². The number of hydrogen-bond donors (Lipinski definition) is 3. The van der Waals surface area contributed by atoms with E-state index >= 15 is 0 Å². The van der Waals surface area contributed by atoms with Crippen molar-refractivity contribution in [1.82, 2.24) is 9.72 Å². The zero-order valence-corrected chi connectivity index (χ0v) is 20.2. The van der Waals surface area contributed by atoms with E-state index in [-0.39, 0.29) is 6.04 Å². The van der Waals surface area contributed by atoms with Gasteiger partial charge in [0.05, 0.1) is 11.5 Å². The molecule has 0 unspecified atom stereocenters. The molecule has 188 valence electrons. The predicted molar refractivity (Wildman–Crippen MR) is 136 cm³/mol. The molecule has 9 heteroatoms. The van der Waals surface area contributed by atoms with Gasteiger partial charge in [-0.3, -0.25) is 9.59 Å². The van der Waals surface area contributed by atoms with Gasteiger partial charge in [-0.25, -0.2) is 4.79 Å². The summed E-state index contributed by atoms with van der Waals surface area (Å²) in [6, 6.07) is 11.8. The molecule has 36 heavy (non-hydrogen) atoms. The normalized spacial score (nSPS) is 16.9. The van der Waals surface area contributed by atoms with Crippen molar-refractivity contribution in [3.63, 3.8) is 0 Å². The summed E-state index contributed by atoms with van der Waals surface area (Å²) >= 11 is 0. The highest BCUT2D eigenvalue weighted by atomic mass is 16.5. The van der Waals surface area contributed by atoms with Crippen molar-refractivity contribution < 1.29 is 14.1 Å². The van der Waals surface area contributed by atoms with E-state index in [9.17, 15) is 14.4 Å². The van der Waals surface area contributed by atoms with Gasteiger partial charge >= 0.3 is 5.76 Å². The molecule has 0 bridgehead atoms. The maximum atomic E-state index is 12.7. The number of carbonyl (C=O) groups is 2. The van der Waals surface area contributed by atoms with Crippen molar-refractivity contribution in [1.29, 1.82) is 0 Å². The van der Waals surface area contributed by atoms with E-state index in [1.807, 2.05) is 36.4 Å². The van der Waals surface area contributed by atoms with Crippen molar-refractivity contribution in [2.75, 3.05) is 17.2 Å². The topological polar surface area (TPSA) is 132 Å². The summed E-state index contributed by atoms with van der Waals surface area (Å²) in [5.74, 6) is -0.0424. The van der Waals surface area contributed by atoms with Gasteiger partial charge in [0.2, 0.25) is 12.8 Å². The summed E-state index contributed by atoms with van der Waals surface area (Å²) in [5, 5.41) is 5.50. The van der Waals surface area contributed by atoms with Gasteiger partial charge in [-0.2, -0.15) is 9.72 Å². The number of rotatable bonds is 8. The lowest BCUT2D eigenvalue weighted by Gasteiger charge is -2.37. The first-order valence-electron chi connectivity index (χ1n) is 12.6. The van der Waals surface area contributed by atoms with Crippen LogP contribution in [0.3, 0.4) is 0 Å². The number of benzene rings is 2. The molecule has 2 aromatic carbocycles. The molecule has 0 spiro atoms. The van der Waals surface area contributed by atoms with Crippen molar-refractivity contribution in [3.8, 4) is 0 Å². The van der Waals surface area contributed by atoms with Crippen LogP contribution >= 0.6 is 0 Å².